The van der Waals surface area contributed by atoms with Gasteiger partial charge in [0.25, 0.3) is 0 Å². The fraction of sp³-hybridized carbons (Fsp3) is 0.200. The van der Waals surface area contributed by atoms with E-state index >= 15 is 0 Å². The van der Waals surface area contributed by atoms with Crippen LogP contribution in [0.1, 0.15) is 6.92 Å². The van der Waals surface area contributed by atoms with Crippen LogP contribution in [0.5, 0.6) is 0 Å². The number of hydrogen-bond acceptors (Lipinski definition) is 2. The van der Waals surface area contributed by atoms with E-state index in [2.05, 4.69) is 27.2 Å². The molecule has 3 nitrogen and oxygen atoms in total. The summed E-state index contributed by atoms with van der Waals surface area (Å²) in [6.45, 7) is 5.66. The fourth-order valence-corrected chi connectivity index (χ4v) is 2.63. The third kappa shape index (κ3) is 3.77. The molecule has 0 bridgehead atoms. The molecule has 0 aromatic heterocycles. The van der Waals surface area contributed by atoms with Crippen molar-refractivity contribution in [2.24, 2.45) is 0 Å². The summed E-state index contributed by atoms with van der Waals surface area (Å²) >= 11 is 3.22. The lowest BCUT2D eigenvalue weighted by atomic mass is 10.4. The van der Waals surface area contributed by atoms with Crippen molar-refractivity contribution in [3.05, 3.63) is 40.9 Å². The molecule has 0 atom stereocenters. The second-order valence-electron chi connectivity index (χ2n) is 3.24. The van der Waals surface area contributed by atoms with Gasteiger partial charge in [-0.2, -0.15) is 0 Å². The van der Waals surface area contributed by atoms with Gasteiger partial charge in [0.15, 0.2) is 0 Å². The molecule has 1 aromatic rings. The van der Waals surface area contributed by atoms with Gasteiger partial charge in [-0.05, 0) is 25.1 Å². The van der Waals surface area contributed by atoms with Gasteiger partial charge in [-0.1, -0.05) is 34.1 Å². The Kier molecular flexibility index (Phi) is 4.07. The zero-order valence-corrected chi connectivity index (χ0v) is 10.7. The minimum absolute atomic E-state index is 0.248. The molecule has 0 amide bonds. The Morgan fingerprint density at radius 2 is 2.20 bits per heavy atom. The van der Waals surface area contributed by atoms with Gasteiger partial charge in [0.2, 0.25) is 10.0 Å². The van der Waals surface area contributed by atoms with Crippen molar-refractivity contribution < 1.29 is 8.42 Å². The SMILES string of the molecule is C=C(C)CNS(=O)(=O)c1cccc(Br)c1. The summed E-state index contributed by atoms with van der Waals surface area (Å²) in [4.78, 5) is 0.248. The highest BCUT2D eigenvalue weighted by molar-refractivity contribution is 9.10. The second kappa shape index (κ2) is 4.92. The topological polar surface area (TPSA) is 46.2 Å². The smallest absolute Gasteiger partial charge is 0.207 e. The molecule has 5 heteroatoms. The first-order valence-electron chi connectivity index (χ1n) is 4.31. The van der Waals surface area contributed by atoms with Gasteiger partial charge in [-0.25, -0.2) is 13.1 Å². The van der Waals surface area contributed by atoms with Crippen molar-refractivity contribution >= 4 is 26.0 Å². The number of benzene rings is 1. The number of sulfonamides is 1. The van der Waals surface area contributed by atoms with E-state index in [-0.39, 0.29) is 11.4 Å². The highest BCUT2D eigenvalue weighted by Crippen LogP contribution is 2.15. The van der Waals surface area contributed by atoms with E-state index in [1.807, 2.05) is 0 Å². The predicted molar refractivity (Wildman–Crippen MR) is 64.1 cm³/mol. The van der Waals surface area contributed by atoms with Crippen LogP contribution in [0.4, 0.5) is 0 Å². The molecular weight excluding hydrogens is 278 g/mol. The van der Waals surface area contributed by atoms with Gasteiger partial charge in [-0.3, -0.25) is 0 Å². The number of hydrogen-bond donors (Lipinski definition) is 1. The Hall–Kier alpha value is -0.650. The summed E-state index contributed by atoms with van der Waals surface area (Å²) in [6.07, 6.45) is 0. The molecule has 0 radical (unpaired) electrons. The molecule has 0 aliphatic rings. The molecule has 0 spiro atoms. The van der Waals surface area contributed by atoms with Gasteiger partial charge in [0.05, 0.1) is 4.90 Å². The van der Waals surface area contributed by atoms with Gasteiger partial charge in [0, 0.05) is 11.0 Å². The summed E-state index contributed by atoms with van der Waals surface area (Å²) in [5.74, 6) is 0. The molecule has 15 heavy (non-hydrogen) atoms. The van der Waals surface area contributed by atoms with Crippen LogP contribution in [0.3, 0.4) is 0 Å². The van der Waals surface area contributed by atoms with Gasteiger partial charge in [-0.15, -0.1) is 0 Å². The van der Waals surface area contributed by atoms with E-state index in [1.54, 1.807) is 31.2 Å². The molecule has 0 saturated heterocycles. The number of rotatable bonds is 4. The van der Waals surface area contributed by atoms with Crippen molar-refractivity contribution in [2.45, 2.75) is 11.8 Å². The average Bonchev–Trinajstić information content (AvgIpc) is 2.15. The van der Waals surface area contributed by atoms with E-state index in [1.165, 1.54) is 0 Å². The third-order valence-electron chi connectivity index (χ3n) is 1.67. The Morgan fingerprint density at radius 3 is 2.73 bits per heavy atom. The van der Waals surface area contributed by atoms with Crippen molar-refractivity contribution in [3.8, 4) is 0 Å². The highest BCUT2D eigenvalue weighted by Gasteiger charge is 2.12. The lowest BCUT2D eigenvalue weighted by Crippen LogP contribution is -2.25. The van der Waals surface area contributed by atoms with Crippen LogP contribution in [0, 0.1) is 0 Å². The molecule has 1 rings (SSSR count). The maximum Gasteiger partial charge on any atom is 0.240 e. The third-order valence-corrected chi connectivity index (χ3v) is 3.56. The first kappa shape index (κ1) is 12.4. The van der Waals surface area contributed by atoms with E-state index < -0.39 is 10.0 Å². The molecule has 0 aliphatic carbocycles. The molecule has 82 valence electrons. The Bertz CT molecular complexity index is 468. The minimum Gasteiger partial charge on any atom is -0.207 e. The van der Waals surface area contributed by atoms with Crippen molar-refractivity contribution in [2.75, 3.05) is 6.54 Å². The van der Waals surface area contributed by atoms with E-state index in [9.17, 15) is 8.42 Å². The molecule has 1 aromatic carbocycles. The first-order chi connectivity index (χ1) is 6.92. The Morgan fingerprint density at radius 1 is 1.53 bits per heavy atom. The standard InChI is InChI=1S/C10H12BrNO2S/c1-8(2)7-12-15(13,14)10-5-3-4-9(11)6-10/h3-6,12H,1,7H2,2H3. The summed E-state index contributed by atoms with van der Waals surface area (Å²) in [6, 6.07) is 6.56. The van der Waals surface area contributed by atoms with Gasteiger partial charge in [0.1, 0.15) is 0 Å². The Labute approximate surface area is 98.4 Å². The van der Waals surface area contributed by atoms with Crippen molar-refractivity contribution in [3.63, 3.8) is 0 Å². The lowest BCUT2D eigenvalue weighted by molar-refractivity contribution is 0.584. The summed E-state index contributed by atoms with van der Waals surface area (Å²) < 4.78 is 26.6. The van der Waals surface area contributed by atoms with Crippen LogP contribution < -0.4 is 4.72 Å². The summed E-state index contributed by atoms with van der Waals surface area (Å²) in [7, 11) is -3.42. The molecule has 1 N–H and O–H groups in total. The van der Waals surface area contributed by atoms with Crippen molar-refractivity contribution in [1.82, 2.24) is 4.72 Å². The second-order valence-corrected chi connectivity index (χ2v) is 5.92. The molecule has 0 unspecified atom stereocenters. The molecule has 0 heterocycles. The van der Waals surface area contributed by atoms with E-state index in [0.29, 0.717) is 0 Å². The van der Waals surface area contributed by atoms with E-state index in [4.69, 9.17) is 0 Å². The lowest BCUT2D eigenvalue weighted by Gasteiger charge is -2.06. The molecule has 0 aliphatic heterocycles. The van der Waals surface area contributed by atoms with Gasteiger partial charge < -0.3 is 0 Å². The van der Waals surface area contributed by atoms with Crippen LogP contribution >= 0.6 is 15.9 Å². The molecule has 0 fully saturated rings. The zero-order valence-electron chi connectivity index (χ0n) is 8.33. The van der Waals surface area contributed by atoms with Crippen LogP contribution in [-0.4, -0.2) is 15.0 Å². The van der Waals surface area contributed by atoms with Crippen LogP contribution in [-0.2, 0) is 10.0 Å². The van der Waals surface area contributed by atoms with Crippen molar-refractivity contribution in [1.29, 1.82) is 0 Å². The highest BCUT2D eigenvalue weighted by atomic mass is 79.9. The number of halogens is 1. The first-order valence-corrected chi connectivity index (χ1v) is 6.59. The quantitative estimate of drug-likeness (QED) is 0.865. The Balaban J connectivity index is 2.91. The maximum atomic E-state index is 11.7. The largest absolute Gasteiger partial charge is 0.240 e. The average molecular weight is 290 g/mol. The summed E-state index contributed by atoms with van der Waals surface area (Å²) in [5.41, 5.74) is 0.772. The minimum atomic E-state index is -3.42. The molecular formula is C10H12BrNO2S. The van der Waals surface area contributed by atoms with Crippen LogP contribution in [0.25, 0.3) is 0 Å². The van der Waals surface area contributed by atoms with E-state index in [0.717, 1.165) is 10.0 Å². The number of nitrogens with one attached hydrogen (secondary N) is 1. The van der Waals surface area contributed by atoms with Gasteiger partial charge >= 0.3 is 0 Å². The fourth-order valence-electron chi connectivity index (χ4n) is 0.936. The van der Waals surface area contributed by atoms with Crippen LogP contribution in [0.2, 0.25) is 0 Å². The predicted octanol–water partition coefficient (Wildman–Crippen LogP) is 2.30. The van der Waals surface area contributed by atoms with Crippen LogP contribution in [0.15, 0.2) is 45.8 Å². The summed E-state index contributed by atoms with van der Waals surface area (Å²) in [5, 5.41) is 0. The maximum absolute atomic E-state index is 11.7. The normalized spacial score (nSPS) is 11.3. The molecule has 0 saturated carbocycles. The zero-order chi connectivity index (χ0) is 11.5. The monoisotopic (exact) mass is 289 g/mol.